The number of nitrogens with one attached hydrogen (secondary N) is 3. The van der Waals surface area contributed by atoms with Gasteiger partial charge in [0.2, 0.25) is 0 Å². The first-order valence-corrected chi connectivity index (χ1v) is 9.13. The number of aromatic nitrogens is 3. The molecule has 1 amide bonds. The highest BCUT2D eigenvalue weighted by Crippen LogP contribution is 2.29. The van der Waals surface area contributed by atoms with Crippen molar-refractivity contribution in [3.05, 3.63) is 70.9 Å². The van der Waals surface area contributed by atoms with E-state index in [0.717, 1.165) is 34.4 Å². The summed E-state index contributed by atoms with van der Waals surface area (Å²) in [4.78, 5) is 24.7. The van der Waals surface area contributed by atoms with Gasteiger partial charge >= 0.3 is 0 Å². The summed E-state index contributed by atoms with van der Waals surface area (Å²) in [5.41, 5.74) is 3.62. The molecule has 4 aromatic heterocycles. The Bertz CT molecular complexity index is 1020. The summed E-state index contributed by atoms with van der Waals surface area (Å²) in [6, 6.07) is 9.68. The SMILES string of the molecule is O=C(NCCc1cccnc1)c1sccc1Nc1ccnc2[nH]ccc12. The monoisotopic (exact) mass is 363 g/mol. The number of nitrogens with zero attached hydrogens (tertiary/aromatic N) is 2. The Morgan fingerprint density at radius 2 is 2.12 bits per heavy atom. The van der Waals surface area contributed by atoms with E-state index in [1.54, 1.807) is 12.4 Å². The summed E-state index contributed by atoms with van der Waals surface area (Å²) < 4.78 is 0. The van der Waals surface area contributed by atoms with E-state index < -0.39 is 0 Å². The number of aromatic amines is 1. The third-order valence-electron chi connectivity index (χ3n) is 4.02. The molecule has 6 nitrogen and oxygen atoms in total. The molecule has 0 saturated carbocycles. The van der Waals surface area contributed by atoms with E-state index in [1.165, 1.54) is 11.3 Å². The largest absolute Gasteiger partial charge is 0.354 e. The van der Waals surface area contributed by atoms with Gasteiger partial charge in [-0.15, -0.1) is 11.3 Å². The molecule has 0 atom stereocenters. The number of anilines is 2. The highest BCUT2D eigenvalue weighted by Gasteiger charge is 2.14. The van der Waals surface area contributed by atoms with Gasteiger partial charge in [0.25, 0.3) is 5.91 Å². The third-order valence-corrected chi connectivity index (χ3v) is 4.94. The van der Waals surface area contributed by atoms with Crippen LogP contribution in [0.25, 0.3) is 11.0 Å². The topological polar surface area (TPSA) is 82.7 Å². The lowest BCUT2D eigenvalue weighted by molar-refractivity contribution is 0.0959. The van der Waals surface area contributed by atoms with Crippen molar-refractivity contribution in [1.29, 1.82) is 0 Å². The molecule has 0 aromatic carbocycles. The Labute approximate surface area is 154 Å². The highest BCUT2D eigenvalue weighted by atomic mass is 32.1. The molecule has 4 aromatic rings. The van der Waals surface area contributed by atoms with Gasteiger partial charge < -0.3 is 15.6 Å². The molecule has 0 saturated heterocycles. The number of rotatable bonds is 6. The van der Waals surface area contributed by atoms with Crippen molar-refractivity contribution in [2.75, 3.05) is 11.9 Å². The van der Waals surface area contributed by atoms with Crippen molar-refractivity contribution in [2.24, 2.45) is 0 Å². The third kappa shape index (κ3) is 3.43. The minimum atomic E-state index is -0.0780. The maximum Gasteiger partial charge on any atom is 0.263 e. The number of pyridine rings is 2. The molecule has 7 heteroatoms. The Morgan fingerprint density at radius 1 is 1.15 bits per heavy atom. The molecule has 3 N–H and O–H groups in total. The fraction of sp³-hybridized carbons (Fsp3) is 0.105. The first-order chi connectivity index (χ1) is 12.8. The molecule has 0 bridgehead atoms. The summed E-state index contributed by atoms with van der Waals surface area (Å²) in [7, 11) is 0. The number of thiophene rings is 1. The van der Waals surface area contributed by atoms with Gasteiger partial charge in [-0.25, -0.2) is 4.98 Å². The normalized spacial score (nSPS) is 10.8. The van der Waals surface area contributed by atoms with E-state index in [4.69, 9.17) is 0 Å². The van der Waals surface area contributed by atoms with Crippen LogP contribution >= 0.6 is 11.3 Å². The maximum absolute atomic E-state index is 12.5. The van der Waals surface area contributed by atoms with E-state index in [2.05, 4.69) is 25.6 Å². The van der Waals surface area contributed by atoms with Gasteiger partial charge in [0.05, 0.1) is 11.4 Å². The predicted octanol–water partition coefficient (Wildman–Crippen LogP) is 3.74. The zero-order valence-corrected chi connectivity index (χ0v) is 14.7. The second-order valence-electron chi connectivity index (χ2n) is 5.75. The highest BCUT2D eigenvalue weighted by molar-refractivity contribution is 7.12. The lowest BCUT2D eigenvalue weighted by atomic mass is 10.2. The Balaban J connectivity index is 1.44. The number of H-pyrrole nitrogens is 1. The first kappa shape index (κ1) is 16.3. The number of carbonyl (C=O) groups excluding carboxylic acids is 1. The molecular formula is C19H17N5OS. The van der Waals surface area contributed by atoms with Gasteiger partial charge in [-0.05, 0) is 41.6 Å². The van der Waals surface area contributed by atoms with Gasteiger partial charge in [0, 0.05) is 36.7 Å². The maximum atomic E-state index is 12.5. The van der Waals surface area contributed by atoms with Crippen LogP contribution in [0.5, 0.6) is 0 Å². The van der Waals surface area contributed by atoms with Crippen molar-refractivity contribution < 1.29 is 4.79 Å². The van der Waals surface area contributed by atoms with Crippen LogP contribution in [0.1, 0.15) is 15.2 Å². The minimum absolute atomic E-state index is 0.0780. The van der Waals surface area contributed by atoms with Gasteiger partial charge in [0.15, 0.2) is 0 Å². The summed E-state index contributed by atoms with van der Waals surface area (Å²) in [6.45, 7) is 0.569. The molecule has 4 heterocycles. The van der Waals surface area contributed by atoms with Crippen LogP contribution in [0.3, 0.4) is 0 Å². The van der Waals surface area contributed by atoms with Crippen molar-refractivity contribution >= 4 is 39.7 Å². The second-order valence-corrected chi connectivity index (χ2v) is 6.67. The number of hydrogen-bond donors (Lipinski definition) is 3. The smallest absolute Gasteiger partial charge is 0.263 e. The van der Waals surface area contributed by atoms with E-state index in [9.17, 15) is 4.79 Å². The molecule has 0 radical (unpaired) electrons. The average Bonchev–Trinajstić information content (AvgIpc) is 3.32. The zero-order chi connectivity index (χ0) is 17.8. The predicted molar refractivity (Wildman–Crippen MR) is 104 cm³/mol. The van der Waals surface area contributed by atoms with Crippen LogP contribution in [-0.4, -0.2) is 27.4 Å². The van der Waals surface area contributed by atoms with Gasteiger partial charge in [0.1, 0.15) is 10.5 Å². The summed E-state index contributed by atoms with van der Waals surface area (Å²) in [5.74, 6) is -0.0780. The summed E-state index contributed by atoms with van der Waals surface area (Å²) in [6.07, 6.45) is 7.90. The number of amides is 1. The Morgan fingerprint density at radius 3 is 3.00 bits per heavy atom. The molecule has 0 spiro atoms. The van der Waals surface area contributed by atoms with Crippen molar-refractivity contribution in [1.82, 2.24) is 20.3 Å². The minimum Gasteiger partial charge on any atom is -0.354 e. The van der Waals surface area contributed by atoms with Crippen LogP contribution < -0.4 is 10.6 Å². The number of fused-ring (bicyclic) bond motifs is 1. The zero-order valence-electron chi connectivity index (χ0n) is 13.9. The molecule has 130 valence electrons. The Hall–Kier alpha value is -3.19. The number of carbonyl (C=O) groups is 1. The molecular weight excluding hydrogens is 346 g/mol. The lowest BCUT2D eigenvalue weighted by Crippen LogP contribution is -2.25. The van der Waals surface area contributed by atoms with Crippen LogP contribution in [0.2, 0.25) is 0 Å². The van der Waals surface area contributed by atoms with E-state index >= 15 is 0 Å². The van der Waals surface area contributed by atoms with Gasteiger partial charge in [-0.3, -0.25) is 9.78 Å². The fourth-order valence-corrected chi connectivity index (χ4v) is 3.51. The molecule has 0 aliphatic rings. The van der Waals surface area contributed by atoms with E-state index in [-0.39, 0.29) is 5.91 Å². The van der Waals surface area contributed by atoms with Gasteiger partial charge in [-0.1, -0.05) is 6.07 Å². The fourth-order valence-electron chi connectivity index (χ4n) is 2.75. The van der Waals surface area contributed by atoms with Crippen molar-refractivity contribution in [3.63, 3.8) is 0 Å². The molecule has 0 aliphatic carbocycles. The van der Waals surface area contributed by atoms with Crippen LogP contribution in [0.15, 0.2) is 60.5 Å². The van der Waals surface area contributed by atoms with Crippen LogP contribution in [-0.2, 0) is 6.42 Å². The number of hydrogen-bond acceptors (Lipinski definition) is 5. The van der Waals surface area contributed by atoms with Crippen molar-refractivity contribution in [2.45, 2.75) is 6.42 Å². The van der Waals surface area contributed by atoms with Crippen LogP contribution in [0.4, 0.5) is 11.4 Å². The molecule has 4 rings (SSSR count). The molecule has 0 unspecified atom stereocenters. The van der Waals surface area contributed by atoms with Crippen LogP contribution in [0, 0.1) is 0 Å². The average molecular weight is 363 g/mol. The quantitative estimate of drug-likeness (QED) is 0.487. The standard InChI is InChI=1S/C19H17N5OS/c25-19(23-8-3-13-2-1-7-20-12-13)17-16(6-11-26-17)24-15-5-10-22-18-14(15)4-9-21-18/h1-2,4-7,9-12H,3,8H2,(H,23,25)(H2,21,22,24). The first-order valence-electron chi connectivity index (χ1n) is 8.25. The Kier molecular flexibility index (Phi) is 4.61. The molecule has 0 fully saturated rings. The van der Waals surface area contributed by atoms with E-state index in [1.807, 2.05) is 48.1 Å². The second kappa shape index (κ2) is 7.37. The lowest BCUT2D eigenvalue weighted by Gasteiger charge is -2.09. The summed E-state index contributed by atoms with van der Waals surface area (Å²) >= 11 is 1.42. The summed E-state index contributed by atoms with van der Waals surface area (Å²) in [5, 5.41) is 9.23. The van der Waals surface area contributed by atoms with Gasteiger partial charge in [-0.2, -0.15) is 0 Å². The van der Waals surface area contributed by atoms with E-state index in [0.29, 0.717) is 11.4 Å². The molecule has 0 aliphatic heterocycles. The molecule has 26 heavy (non-hydrogen) atoms. The van der Waals surface area contributed by atoms with Crippen molar-refractivity contribution in [3.8, 4) is 0 Å².